The second kappa shape index (κ2) is 6.70. The highest BCUT2D eigenvalue weighted by Crippen LogP contribution is 2.18. The first kappa shape index (κ1) is 14.7. The minimum absolute atomic E-state index is 0.766. The van der Waals surface area contributed by atoms with Crippen molar-refractivity contribution in [3.8, 4) is 0 Å². The molecule has 1 N–H and O–H groups in total. The van der Waals surface area contributed by atoms with Gasteiger partial charge in [0.25, 0.3) is 0 Å². The van der Waals surface area contributed by atoms with Crippen LogP contribution in [0.2, 0.25) is 0 Å². The third-order valence-corrected chi connectivity index (χ3v) is 3.57. The number of hydrogen-bond donors (Lipinski definition) is 1. The Morgan fingerprint density at radius 2 is 2.05 bits per heavy atom. The van der Waals surface area contributed by atoms with Gasteiger partial charge >= 0.3 is 0 Å². The summed E-state index contributed by atoms with van der Waals surface area (Å²) in [4.78, 5) is 15.6. The van der Waals surface area contributed by atoms with Crippen LogP contribution in [0, 0.1) is 6.92 Å². The molecule has 1 aliphatic rings. The molecular formula is C16H21N5O. The molecule has 2 aromatic rings. The van der Waals surface area contributed by atoms with Crippen LogP contribution in [0.25, 0.3) is 0 Å². The number of morpholine rings is 1. The van der Waals surface area contributed by atoms with E-state index in [1.807, 2.05) is 31.3 Å². The number of ether oxygens (including phenoxy) is 1. The first-order chi connectivity index (χ1) is 10.7. The first-order valence-electron chi connectivity index (χ1n) is 7.65. The highest BCUT2D eigenvalue weighted by atomic mass is 16.5. The molecule has 22 heavy (non-hydrogen) atoms. The van der Waals surface area contributed by atoms with Crippen LogP contribution in [-0.4, -0.2) is 41.3 Å². The molecule has 3 heterocycles. The van der Waals surface area contributed by atoms with Crippen LogP contribution < -0.4 is 10.2 Å². The monoisotopic (exact) mass is 299 g/mol. The smallest absolute Gasteiger partial charge is 0.134 e. The van der Waals surface area contributed by atoms with Gasteiger partial charge in [-0.05, 0) is 19.1 Å². The summed E-state index contributed by atoms with van der Waals surface area (Å²) < 4.78 is 5.36. The van der Waals surface area contributed by atoms with Gasteiger partial charge in [-0.3, -0.25) is 0 Å². The van der Waals surface area contributed by atoms with Crippen molar-refractivity contribution in [2.45, 2.75) is 20.3 Å². The Morgan fingerprint density at radius 1 is 1.23 bits per heavy atom. The van der Waals surface area contributed by atoms with E-state index in [4.69, 9.17) is 4.74 Å². The van der Waals surface area contributed by atoms with E-state index in [0.717, 1.165) is 61.6 Å². The van der Waals surface area contributed by atoms with E-state index < -0.39 is 0 Å². The average Bonchev–Trinajstić information content (AvgIpc) is 2.56. The van der Waals surface area contributed by atoms with E-state index in [0.29, 0.717) is 0 Å². The van der Waals surface area contributed by atoms with Crippen LogP contribution in [0.1, 0.15) is 18.4 Å². The molecule has 6 heteroatoms. The molecule has 3 rings (SSSR count). The van der Waals surface area contributed by atoms with Gasteiger partial charge in [-0.2, -0.15) is 0 Å². The van der Waals surface area contributed by atoms with E-state index >= 15 is 0 Å². The van der Waals surface area contributed by atoms with Crippen LogP contribution in [-0.2, 0) is 11.2 Å². The highest BCUT2D eigenvalue weighted by Gasteiger charge is 2.12. The SMILES string of the molecule is CCc1nc(C)cc(Nc2ccc(N3CCOCC3)nc2)n1. The molecule has 1 fully saturated rings. The maximum absolute atomic E-state index is 5.36. The van der Waals surface area contributed by atoms with Crippen molar-refractivity contribution >= 4 is 17.3 Å². The van der Waals surface area contributed by atoms with E-state index in [2.05, 4.69) is 32.1 Å². The van der Waals surface area contributed by atoms with Crippen LogP contribution in [0.3, 0.4) is 0 Å². The van der Waals surface area contributed by atoms with Gasteiger partial charge in [0.2, 0.25) is 0 Å². The second-order valence-electron chi connectivity index (χ2n) is 5.29. The van der Waals surface area contributed by atoms with E-state index in [9.17, 15) is 0 Å². The molecular weight excluding hydrogens is 278 g/mol. The normalized spacial score (nSPS) is 14.9. The zero-order valence-electron chi connectivity index (χ0n) is 13.0. The zero-order chi connectivity index (χ0) is 15.4. The summed E-state index contributed by atoms with van der Waals surface area (Å²) >= 11 is 0. The van der Waals surface area contributed by atoms with Crippen molar-refractivity contribution < 1.29 is 4.74 Å². The molecule has 0 bridgehead atoms. The number of nitrogens with one attached hydrogen (secondary N) is 1. The van der Waals surface area contributed by atoms with Crippen molar-refractivity contribution in [2.75, 3.05) is 36.5 Å². The quantitative estimate of drug-likeness (QED) is 0.935. The number of aryl methyl sites for hydroxylation is 2. The molecule has 0 radical (unpaired) electrons. The fraction of sp³-hybridized carbons (Fsp3) is 0.438. The van der Waals surface area contributed by atoms with E-state index in [1.165, 1.54) is 0 Å². The standard InChI is InChI=1S/C16H21N5O/c1-3-14-18-12(2)10-15(20-14)19-13-4-5-16(17-11-13)21-6-8-22-9-7-21/h4-5,10-11H,3,6-9H2,1-2H3,(H,18,19,20). The fourth-order valence-corrected chi connectivity index (χ4v) is 2.44. The van der Waals surface area contributed by atoms with Crippen molar-refractivity contribution in [1.82, 2.24) is 15.0 Å². The van der Waals surface area contributed by atoms with Crippen LogP contribution in [0.15, 0.2) is 24.4 Å². The van der Waals surface area contributed by atoms with Gasteiger partial charge in [0.05, 0.1) is 25.1 Å². The maximum Gasteiger partial charge on any atom is 0.134 e. The summed E-state index contributed by atoms with van der Waals surface area (Å²) in [5, 5.41) is 3.29. The third kappa shape index (κ3) is 3.51. The van der Waals surface area contributed by atoms with E-state index in [1.54, 1.807) is 0 Å². The topological polar surface area (TPSA) is 63.2 Å². The summed E-state index contributed by atoms with van der Waals surface area (Å²) in [7, 11) is 0. The lowest BCUT2D eigenvalue weighted by Crippen LogP contribution is -2.36. The van der Waals surface area contributed by atoms with Crippen molar-refractivity contribution in [3.63, 3.8) is 0 Å². The Kier molecular flexibility index (Phi) is 4.48. The lowest BCUT2D eigenvalue weighted by Gasteiger charge is -2.27. The van der Waals surface area contributed by atoms with Gasteiger partial charge in [0.1, 0.15) is 17.5 Å². The molecule has 116 valence electrons. The molecule has 0 amide bonds. The largest absolute Gasteiger partial charge is 0.378 e. The fourth-order valence-electron chi connectivity index (χ4n) is 2.44. The number of aromatic nitrogens is 3. The number of pyridine rings is 1. The summed E-state index contributed by atoms with van der Waals surface area (Å²) in [6.45, 7) is 7.35. The van der Waals surface area contributed by atoms with Gasteiger partial charge < -0.3 is 15.0 Å². The van der Waals surface area contributed by atoms with Crippen molar-refractivity contribution in [3.05, 3.63) is 35.9 Å². The number of nitrogens with zero attached hydrogens (tertiary/aromatic N) is 4. The number of rotatable bonds is 4. The highest BCUT2D eigenvalue weighted by molar-refractivity contribution is 5.57. The van der Waals surface area contributed by atoms with E-state index in [-0.39, 0.29) is 0 Å². The Balaban J connectivity index is 1.71. The lowest BCUT2D eigenvalue weighted by molar-refractivity contribution is 0.122. The molecule has 0 aromatic carbocycles. The van der Waals surface area contributed by atoms with Crippen molar-refractivity contribution in [1.29, 1.82) is 0 Å². The van der Waals surface area contributed by atoms with Gasteiger partial charge in [0.15, 0.2) is 0 Å². The summed E-state index contributed by atoms with van der Waals surface area (Å²) in [5.41, 5.74) is 1.89. The Labute approximate surface area is 130 Å². The third-order valence-electron chi connectivity index (χ3n) is 3.57. The van der Waals surface area contributed by atoms with Crippen LogP contribution in [0.5, 0.6) is 0 Å². The molecule has 1 aliphatic heterocycles. The molecule has 6 nitrogen and oxygen atoms in total. The minimum Gasteiger partial charge on any atom is -0.378 e. The predicted molar refractivity (Wildman–Crippen MR) is 86.7 cm³/mol. The molecule has 0 atom stereocenters. The molecule has 2 aromatic heterocycles. The Morgan fingerprint density at radius 3 is 2.73 bits per heavy atom. The predicted octanol–water partition coefficient (Wildman–Crippen LogP) is 2.32. The zero-order valence-corrected chi connectivity index (χ0v) is 13.0. The molecule has 0 aliphatic carbocycles. The maximum atomic E-state index is 5.36. The van der Waals surface area contributed by atoms with Gasteiger partial charge in [-0.1, -0.05) is 6.92 Å². The van der Waals surface area contributed by atoms with Crippen LogP contribution in [0.4, 0.5) is 17.3 Å². The number of anilines is 3. The molecule has 1 saturated heterocycles. The summed E-state index contributed by atoms with van der Waals surface area (Å²) in [6, 6.07) is 6.00. The van der Waals surface area contributed by atoms with Gasteiger partial charge in [-0.25, -0.2) is 15.0 Å². The Hall–Kier alpha value is -2.21. The number of hydrogen-bond acceptors (Lipinski definition) is 6. The molecule has 0 saturated carbocycles. The molecule has 0 spiro atoms. The first-order valence-corrected chi connectivity index (χ1v) is 7.65. The van der Waals surface area contributed by atoms with Crippen molar-refractivity contribution in [2.24, 2.45) is 0 Å². The second-order valence-corrected chi connectivity index (χ2v) is 5.29. The van der Waals surface area contributed by atoms with Crippen LogP contribution >= 0.6 is 0 Å². The Bertz CT molecular complexity index is 623. The summed E-state index contributed by atoms with van der Waals surface area (Å²) in [6.07, 6.45) is 2.67. The van der Waals surface area contributed by atoms with Gasteiger partial charge in [-0.15, -0.1) is 0 Å². The summed E-state index contributed by atoms with van der Waals surface area (Å²) in [5.74, 6) is 2.65. The lowest BCUT2D eigenvalue weighted by atomic mass is 10.3. The minimum atomic E-state index is 0.766. The average molecular weight is 299 g/mol. The van der Waals surface area contributed by atoms with Gasteiger partial charge in [0, 0.05) is 31.3 Å². The molecule has 0 unspecified atom stereocenters.